The third-order valence-corrected chi connectivity index (χ3v) is 1.28. The van der Waals surface area contributed by atoms with E-state index in [0.717, 1.165) is 12.8 Å². The van der Waals surface area contributed by atoms with Gasteiger partial charge in [-0.25, -0.2) is 0 Å². The monoisotopic (exact) mass is 156 g/mol. The van der Waals surface area contributed by atoms with Crippen molar-refractivity contribution in [3.8, 4) is 11.8 Å². The van der Waals surface area contributed by atoms with Crippen molar-refractivity contribution in [2.24, 2.45) is 5.92 Å². The lowest BCUT2D eigenvalue weighted by Crippen LogP contribution is -2.19. The molecule has 1 atom stereocenters. The third kappa shape index (κ3) is 7.38. The second-order valence-electron chi connectivity index (χ2n) is 2.98. The normalized spacial score (nSPS) is 13.5. The van der Waals surface area contributed by atoms with Crippen molar-refractivity contribution in [2.45, 2.75) is 39.4 Å². The molecule has 0 aliphatic heterocycles. The van der Waals surface area contributed by atoms with Gasteiger partial charge in [-0.3, -0.25) is 0 Å². The van der Waals surface area contributed by atoms with Gasteiger partial charge >= 0.3 is 0 Å². The first-order valence-electron chi connectivity index (χ1n) is 3.93. The molecule has 1 unspecified atom stereocenters. The number of hydrogen-bond donors (Lipinski definition) is 2. The summed E-state index contributed by atoms with van der Waals surface area (Å²) in [5, 5.41) is 17.6. The number of hydrogen-bond acceptors (Lipinski definition) is 2. The van der Waals surface area contributed by atoms with Crippen LogP contribution in [-0.4, -0.2) is 16.0 Å². The van der Waals surface area contributed by atoms with E-state index >= 15 is 0 Å². The van der Waals surface area contributed by atoms with Crippen molar-refractivity contribution in [1.82, 2.24) is 0 Å². The first-order valence-corrected chi connectivity index (χ1v) is 3.93. The van der Waals surface area contributed by atoms with E-state index in [0.29, 0.717) is 0 Å². The summed E-state index contributed by atoms with van der Waals surface area (Å²) in [5.74, 6) is 3.56. The van der Waals surface area contributed by atoms with Gasteiger partial charge in [0.15, 0.2) is 0 Å². The van der Waals surface area contributed by atoms with Gasteiger partial charge in [0.05, 0.1) is 0 Å². The first kappa shape index (κ1) is 10.5. The molecule has 0 aromatic carbocycles. The molecule has 2 nitrogen and oxygen atoms in total. The molecule has 0 amide bonds. The Hall–Kier alpha value is -0.520. The molecular formula is C9H16O2. The van der Waals surface area contributed by atoms with Gasteiger partial charge in [-0.05, 0) is 12.3 Å². The Morgan fingerprint density at radius 1 is 1.45 bits per heavy atom. The fourth-order valence-electron chi connectivity index (χ4n) is 0.765. The van der Waals surface area contributed by atoms with Gasteiger partial charge in [0.1, 0.15) is 0 Å². The molecule has 2 N–H and O–H groups in total. The molecule has 64 valence electrons. The molecule has 0 radical (unpaired) electrons. The maximum atomic E-state index is 8.82. The van der Waals surface area contributed by atoms with Crippen LogP contribution < -0.4 is 0 Å². The SMILES string of the molecule is CCCC(C)C#CC(C)(O)O. The van der Waals surface area contributed by atoms with Crippen molar-refractivity contribution in [3.63, 3.8) is 0 Å². The lowest BCUT2D eigenvalue weighted by atomic mass is 10.1. The number of aliphatic hydroxyl groups is 2. The third-order valence-electron chi connectivity index (χ3n) is 1.28. The van der Waals surface area contributed by atoms with E-state index in [1.165, 1.54) is 6.92 Å². The van der Waals surface area contributed by atoms with Crippen LogP contribution in [0.2, 0.25) is 0 Å². The van der Waals surface area contributed by atoms with Gasteiger partial charge in [0, 0.05) is 12.8 Å². The summed E-state index contributed by atoms with van der Waals surface area (Å²) >= 11 is 0. The summed E-state index contributed by atoms with van der Waals surface area (Å²) in [6.45, 7) is 5.32. The summed E-state index contributed by atoms with van der Waals surface area (Å²) in [6.07, 6.45) is 2.08. The Balaban J connectivity index is 3.87. The molecule has 0 spiro atoms. The predicted molar refractivity (Wildman–Crippen MR) is 44.7 cm³/mol. The summed E-state index contributed by atoms with van der Waals surface area (Å²) in [6, 6.07) is 0. The van der Waals surface area contributed by atoms with Gasteiger partial charge in [-0.1, -0.05) is 26.2 Å². The highest BCUT2D eigenvalue weighted by Gasteiger charge is 2.08. The molecular weight excluding hydrogens is 140 g/mol. The molecule has 2 heteroatoms. The standard InChI is InChI=1S/C9H16O2/c1-4-5-8(2)6-7-9(3,10)11/h8,10-11H,4-5H2,1-3H3. The van der Waals surface area contributed by atoms with Crippen LogP contribution in [0.25, 0.3) is 0 Å². The fourth-order valence-corrected chi connectivity index (χ4v) is 0.765. The summed E-state index contributed by atoms with van der Waals surface area (Å²) in [5.41, 5.74) is 0. The Morgan fingerprint density at radius 2 is 2.00 bits per heavy atom. The molecule has 0 heterocycles. The Morgan fingerprint density at radius 3 is 2.36 bits per heavy atom. The minimum absolute atomic E-state index is 0.249. The topological polar surface area (TPSA) is 40.5 Å². The van der Waals surface area contributed by atoms with E-state index < -0.39 is 5.79 Å². The minimum Gasteiger partial charge on any atom is -0.356 e. The number of rotatable bonds is 2. The zero-order valence-electron chi connectivity index (χ0n) is 7.39. The Bertz CT molecular complexity index is 157. The van der Waals surface area contributed by atoms with Crippen LogP contribution in [0.3, 0.4) is 0 Å². The molecule has 0 aromatic heterocycles. The molecule has 0 saturated carbocycles. The van der Waals surface area contributed by atoms with E-state index in [1.54, 1.807) is 0 Å². The Labute approximate surface area is 68.2 Å². The molecule has 0 saturated heterocycles. The van der Waals surface area contributed by atoms with E-state index in [2.05, 4.69) is 18.8 Å². The van der Waals surface area contributed by atoms with Crippen molar-refractivity contribution in [3.05, 3.63) is 0 Å². The lowest BCUT2D eigenvalue weighted by molar-refractivity contribution is -0.0916. The molecule has 0 aliphatic rings. The van der Waals surface area contributed by atoms with Crippen molar-refractivity contribution in [2.75, 3.05) is 0 Å². The van der Waals surface area contributed by atoms with Crippen molar-refractivity contribution >= 4 is 0 Å². The van der Waals surface area contributed by atoms with Gasteiger partial charge in [0.25, 0.3) is 0 Å². The van der Waals surface area contributed by atoms with Crippen LogP contribution in [0, 0.1) is 17.8 Å². The predicted octanol–water partition coefficient (Wildman–Crippen LogP) is 1.13. The highest BCUT2D eigenvalue weighted by Crippen LogP contribution is 2.03. The van der Waals surface area contributed by atoms with Crippen LogP contribution in [-0.2, 0) is 0 Å². The fraction of sp³-hybridized carbons (Fsp3) is 0.778. The minimum atomic E-state index is -1.83. The quantitative estimate of drug-likeness (QED) is 0.464. The summed E-state index contributed by atoms with van der Waals surface area (Å²) < 4.78 is 0. The zero-order valence-corrected chi connectivity index (χ0v) is 7.39. The van der Waals surface area contributed by atoms with Crippen LogP contribution in [0.4, 0.5) is 0 Å². The van der Waals surface area contributed by atoms with Gasteiger partial charge in [-0.15, -0.1) is 0 Å². The maximum Gasteiger partial charge on any atom is 0.225 e. The van der Waals surface area contributed by atoms with Gasteiger partial charge in [0.2, 0.25) is 5.79 Å². The molecule has 0 fully saturated rings. The van der Waals surface area contributed by atoms with E-state index in [4.69, 9.17) is 10.2 Å². The maximum absolute atomic E-state index is 8.82. The average Bonchev–Trinajstić information content (AvgIpc) is 1.83. The van der Waals surface area contributed by atoms with Crippen LogP contribution in [0.15, 0.2) is 0 Å². The van der Waals surface area contributed by atoms with Crippen molar-refractivity contribution < 1.29 is 10.2 Å². The molecule has 0 aliphatic carbocycles. The average molecular weight is 156 g/mol. The van der Waals surface area contributed by atoms with E-state index in [1.807, 2.05) is 6.92 Å². The van der Waals surface area contributed by atoms with Gasteiger partial charge in [-0.2, -0.15) is 0 Å². The van der Waals surface area contributed by atoms with E-state index in [-0.39, 0.29) is 5.92 Å². The van der Waals surface area contributed by atoms with Crippen LogP contribution in [0.1, 0.15) is 33.6 Å². The lowest BCUT2D eigenvalue weighted by Gasteiger charge is -2.06. The first-order chi connectivity index (χ1) is 4.95. The van der Waals surface area contributed by atoms with Crippen molar-refractivity contribution in [1.29, 1.82) is 0 Å². The smallest absolute Gasteiger partial charge is 0.225 e. The largest absolute Gasteiger partial charge is 0.356 e. The van der Waals surface area contributed by atoms with Gasteiger partial charge < -0.3 is 10.2 Å². The molecule has 0 rings (SSSR count). The van der Waals surface area contributed by atoms with E-state index in [9.17, 15) is 0 Å². The molecule has 11 heavy (non-hydrogen) atoms. The second-order valence-corrected chi connectivity index (χ2v) is 2.98. The highest BCUT2D eigenvalue weighted by atomic mass is 16.5. The summed E-state index contributed by atoms with van der Waals surface area (Å²) in [7, 11) is 0. The zero-order chi connectivity index (χ0) is 8.91. The molecule has 0 bridgehead atoms. The van der Waals surface area contributed by atoms with Crippen LogP contribution >= 0.6 is 0 Å². The summed E-state index contributed by atoms with van der Waals surface area (Å²) in [4.78, 5) is 0. The Kier molecular flexibility index (Phi) is 4.17. The highest BCUT2D eigenvalue weighted by molar-refractivity contribution is 5.09. The molecule has 0 aromatic rings. The second kappa shape index (κ2) is 4.38. The van der Waals surface area contributed by atoms with Crippen LogP contribution in [0.5, 0.6) is 0 Å².